The van der Waals surface area contributed by atoms with Crippen molar-refractivity contribution in [1.82, 2.24) is 29.6 Å². The molecule has 4 aromatic rings. The highest BCUT2D eigenvalue weighted by molar-refractivity contribution is 5.78. The van der Waals surface area contributed by atoms with Gasteiger partial charge in [-0.2, -0.15) is 5.10 Å². The van der Waals surface area contributed by atoms with Crippen LogP contribution in [0.5, 0.6) is 0 Å². The minimum Gasteiger partial charge on any atom is -0.349 e. The maximum atomic E-state index is 12.3. The van der Waals surface area contributed by atoms with E-state index in [1.807, 2.05) is 68.7 Å². The summed E-state index contributed by atoms with van der Waals surface area (Å²) >= 11 is 0. The Morgan fingerprint density at radius 2 is 1.57 bits per heavy atom. The molecule has 7 heteroatoms. The molecule has 0 aliphatic heterocycles. The minimum absolute atomic E-state index is 0.137. The lowest BCUT2D eigenvalue weighted by molar-refractivity contribution is -0.134. The van der Waals surface area contributed by atoms with Gasteiger partial charge in [0.2, 0.25) is 5.91 Å². The Hall–Kier alpha value is -3.87. The molecular weight excluding hydrogens is 436 g/mol. The van der Waals surface area contributed by atoms with E-state index >= 15 is 0 Å². The van der Waals surface area contributed by atoms with Crippen LogP contribution in [0.25, 0.3) is 33.6 Å². The van der Waals surface area contributed by atoms with E-state index < -0.39 is 0 Å². The number of hydrogen-bond acceptors (Lipinski definition) is 5. The number of carbonyl (C=O) groups is 1. The van der Waals surface area contributed by atoms with Gasteiger partial charge in [0.15, 0.2) is 5.82 Å². The fourth-order valence-corrected chi connectivity index (χ4v) is 4.83. The molecule has 0 unspecified atom stereocenters. The predicted molar refractivity (Wildman–Crippen MR) is 136 cm³/mol. The van der Waals surface area contributed by atoms with Gasteiger partial charge in [-0.25, -0.2) is 9.97 Å². The zero-order valence-corrected chi connectivity index (χ0v) is 20.4. The van der Waals surface area contributed by atoms with Gasteiger partial charge in [0.1, 0.15) is 0 Å². The number of amides is 1. The molecule has 0 bridgehead atoms. The zero-order valence-electron chi connectivity index (χ0n) is 20.4. The predicted octanol–water partition coefficient (Wildman–Crippen LogP) is 5.20. The number of nitrogens with zero attached hydrogens (tertiary/aromatic N) is 6. The van der Waals surface area contributed by atoms with Crippen LogP contribution in [0.2, 0.25) is 0 Å². The molecule has 7 nitrogen and oxygen atoms in total. The lowest BCUT2D eigenvalue weighted by Crippen LogP contribution is -2.32. The molecule has 35 heavy (non-hydrogen) atoms. The van der Waals surface area contributed by atoms with Crippen LogP contribution in [0.15, 0.2) is 67.4 Å². The fraction of sp³-hybridized carbons (Fsp3) is 0.321. The Kier molecular flexibility index (Phi) is 6.40. The molecule has 1 aliphatic rings. The van der Waals surface area contributed by atoms with Gasteiger partial charge < -0.3 is 4.90 Å². The van der Waals surface area contributed by atoms with Crippen molar-refractivity contribution >= 4 is 5.91 Å². The van der Waals surface area contributed by atoms with E-state index in [0.717, 1.165) is 59.2 Å². The molecule has 0 N–H and O–H groups in total. The number of aromatic nitrogens is 5. The molecular formula is C28H30N6O. The summed E-state index contributed by atoms with van der Waals surface area (Å²) in [6.07, 6.45) is 13.3. The van der Waals surface area contributed by atoms with Gasteiger partial charge in [0.05, 0.1) is 12.2 Å². The standard InChI is InChI=1S/C28H30N6O/c1-19-13-22(11-12-29-19)21-5-4-6-23(14-21)27-30-15-24(16-31-27)25-17-32-34(18-25)26-9-7-20(8-10-26)28(35)33(2)3/h4-6,11-18,20,26H,7-10H2,1-3H3. The Morgan fingerprint density at radius 1 is 0.857 bits per heavy atom. The largest absolute Gasteiger partial charge is 0.349 e. The topological polar surface area (TPSA) is 76.8 Å². The van der Waals surface area contributed by atoms with Crippen LogP contribution in [0.4, 0.5) is 0 Å². The smallest absolute Gasteiger partial charge is 0.225 e. The first-order chi connectivity index (χ1) is 17.0. The van der Waals surface area contributed by atoms with Crippen molar-refractivity contribution in [2.45, 2.75) is 38.6 Å². The third-order valence-corrected chi connectivity index (χ3v) is 6.80. The number of hydrogen-bond donors (Lipinski definition) is 0. The molecule has 3 heterocycles. The van der Waals surface area contributed by atoms with Gasteiger partial charge in [-0.05, 0) is 61.9 Å². The van der Waals surface area contributed by atoms with E-state index in [9.17, 15) is 4.79 Å². The average molecular weight is 467 g/mol. The number of carbonyl (C=O) groups excluding carboxylic acids is 1. The number of aryl methyl sites for hydroxylation is 1. The van der Waals surface area contributed by atoms with Crippen LogP contribution in [-0.4, -0.2) is 49.6 Å². The zero-order chi connectivity index (χ0) is 24.4. The summed E-state index contributed by atoms with van der Waals surface area (Å²) in [6, 6.07) is 12.7. The first kappa shape index (κ1) is 22.9. The van der Waals surface area contributed by atoms with Crippen LogP contribution >= 0.6 is 0 Å². The third kappa shape index (κ3) is 4.99. The lowest BCUT2D eigenvalue weighted by atomic mass is 9.85. The average Bonchev–Trinajstić information content (AvgIpc) is 3.39. The fourth-order valence-electron chi connectivity index (χ4n) is 4.83. The third-order valence-electron chi connectivity index (χ3n) is 6.80. The van der Waals surface area contributed by atoms with Gasteiger partial charge >= 0.3 is 0 Å². The molecule has 5 rings (SSSR count). The lowest BCUT2D eigenvalue weighted by Gasteiger charge is -2.29. The summed E-state index contributed by atoms with van der Waals surface area (Å²) in [6.45, 7) is 1.99. The maximum absolute atomic E-state index is 12.3. The van der Waals surface area contributed by atoms with E-state index in [4.69, 9.17) is 0 Å². The molecule has 0 radical (unpaired) electrons. The summed E-state index contributed by atoms with van der Waals surface area (Å²) < 4.78 is 2.04. The molecule has 178 valence electrons. The molecule has 1 saturated carbocycles. The van der Waals surface area contributed by atoms with Crippen molar-refractivity contribution in [2.75, 3.05) is 14.1 Å². The maximum Gasteiger partial charge on any atom is 0.225 e. The van der Waals surface area contributed by atoms with Crippen LogP contribution in [0, 0.1) is 12.8 Å². The van der Waals surface area contributed by atoms with Gasteiger partial charge in [-0.1, -0.05) is 18.2 Å². The van der Waals surface area contributed by atoms with Crippen molar-refractivity contribution < 1.29 is 4.79 Å². The molecule has 0 spiro atoms. The van der Waals surface area contributed by atoms with Crippen molar-refractivity contribution in [1.29, 1.82) is 0 Å². The first-order valence-electron chi connectivity index (χ1n) is 12.1. The molecule has 0 saturated heterocycles. The van der Waals surface area contributed by atoms with Gasteiger partial charge in [0.25, 0.3) is 0 Å². The Morgan fingerprint density at radius 3 is 2.29 bits per heavy atom. The number of pyridine rings is 1. The summed E-state index contributed by atoms with van der Waals surface area (Å²) in [4.78, 5) is 27.5. The molecule has 0 atom stereocenters. The van der Waals surface area contributed by atoms with Crippen molar-refractivity contribution in [2.24, 2.45) is 5.92 Å². The quantitative estimate of drug-likeness (QED) is 0.404. The second-order valence-electron chi connectivity index (χ2n) is 9.51. The monoisotopic (exact) mass is 466 g/mol. The second kappa shape index (κ2) is 9.78. The number of benzene rings is 1. The highest BCUT2D eigenvalue weighted by Gasteiger charge is 2.28. The van der Waals surface area contributed by atoms with Gasteiger partial charge in [-0.3, -0.25) is 14.5 Å². The van der Waals surface area contributed by atoms with Crippen LogP contribution in [0.1, 0.15) is 37.4 Å². The normalized spacial score (nSPS) is 17.8. The van der Waals surface area contributed by atoms with E-state index in [0.29, 0.717) is 11.9 Å². The van der Waals surface area contributed by atoms with Crippen molar-refractivity contribution in [3.05, 3.63) is 73.1 Å². The van der Waals surface area contributed by atoms with Crippen molar-refractivity contribution in [3.8, 4) is 33.6 Å². The molecule has 3 aromatic heterocycles. The summed E-state index contributed by atoms with van der Waals surface area (Å²) in [5.41, 5.74) is 6.15. The Labute approximate surface area is 205 Å². The van der Waals surface area contributed by atoms with Gasteiger partial charge in [-0.15, -0.1) is 0 Å². The summed E-state index contributed by atoms with van der Waals surface area (Å²) in [5.74, 6) is 1.07. The Balaban J connectivity index is 1.28. The van der Waals surface area contributed by atoms with E-state index in [2.05, 4.69) is 44.4 Å². The van der Waals surface area contributed by atoms with Crippen molar-refractivity contribution in [3.63, 3.8) is 0 Å². The van der Waals surface area contributed by atoms with Gasteiger partial charge in [0, 0.05) is 67.2 Å². The highest BCUT2D eigenvalue weighted by Crippen LogP contribution is 2.33. The SMILES string of the molecule is Cc1cc(-c2cccc(-c3ncc(-c4cnn(C5CCC(C(=O)N(C)C)CC5)c4)cn3)c2)ccn1. The molecule has 1 fully saturated rings. The Bertz CT molecular complexity index is 1320. The summed E-state index contributed by atoms with van der Waals surface area (Å²) in [7, 11) is 3.67. The van der Waals surface area contributed by atoms with E-state index in [1.165, 1.54) is 0 Å². The first-order valence-corrected chi connectivity index (χ1v) is 12.1. The minimum atomic E-state index is 0.137. The van der Waals surface area contributed by atoms with Crippen LogP contribution < -0.4 is 0 Å². The number of rotatable bonds is 5. The second-order valence-corrected chi connectivity index (χ2v) is 9.51. The molecule has 1 amide bonds. The summed E-state index contributed by atoms with van der Waals surface area (Å²) in [5, 5.41) is 4.61. The van der Waals surface area contributed by atoms with E-state index in [-0.39, 0.29) is 11.8 Å². The highest BCUT2D eigenvalue weighted by atomic mass is 16.2. The van der Waals surface area contributed by atoms with Crippen LogP contribution in [0.3, 0.4) is 0 Å². The van der Waals surface area contributed by atoms with E-state index in [1.54, 1.807) is 4.90 Å². The van der Waals surface area contributed by atoms with Crippen LogP contribution in [-0.2, 0) is 4.79 Å². The molecule has 1 aromatic carbocycles. The molecule has 1 aliphatic carbocycles.